The summed E-state index contributed by atoms with van der Waals surface area (Å²) in [6.45, 7) is 5.75. The second-order valence-corrected chi connectivity index (χ2v) is 12.6. The van der Waals surface area contributed by atoms with Crippen LogP contribution in [0.2, 0.25) is 0 Å². The van der Waals surface area contributed by atoms with Gasteiger partial charge in [-0.2, -0.15) is 0 Å². The summed E-state index contributed by atoms with van der Waals surface area (Å²) in [5.74, 6) is -1.35. The minimum atomic E-state index is -1.26. The number of aliphatic carboxylic acids is 4. The van der Waals surface area contributed by atoms with Gasteiger partial charge in [-0.05, 0) is 64.7 Å². The third-order valence-corrected chi connectivity index (χ3v) is 8.72. The van der Waals surface area contributed by atoms with Gasteiger partial charge in [0.1, 0.15) is 0 Å². The standard InChI is InChI=1S/C35H41N3O6.2C4H4O4/c1-39-30-18-27(19-31(40-2)34(30)43-5)26-9-7-8-24(16-26)22-37-12-14-38(15-13-37)23-25-10-11-36-29(17-25)28-20-32(41-3)35(44-6)33(21-28)42-4;2*5-3(6)1-2-4(7)8/h7-11,16-21H,12-15,22-23H2,1-6H3;2*1-2H,(H,5,6)(H,7,8)/b;2*2-1+. The molecule has 0 bridgehead atoms. The smallest absolute Gasteiger partial charge is 0.328 e. The predicted octanol–water partition coefficient (Wildman–Crippen LogP) is 5.21. The van der Waals surface area contributed by atoms with Gasteiger partial charge in [-0.1, -0.05) is 18.2 Å². The van der Waals surface area contributed by atoms with Crippen molar-refractivity contribution in [2.45, 2.75) is 13.1 Å². The summed E-state index contributed by atoms with van der Waals surface area (Å²) in [4.78, 5) is 47.9. The highest BCUT2D eigenvalue weighted by atomic mass is 16.5. The molecule has 1 aromatic heterocycles. The molecule has 4 aromatic rings. The number of aromatic nitrogens is 1. The van der Waals surface area contributed by atoms with E-state index in [4.69, 9.17) is 48.8 Å². The number of carboxylic acids is 4. The molecule has 0 radical (unpaired) electrons. The Bertz CT molecular complexity index is 1910. The van der Waals surface area contributed by atoms with Gasteiger partial charge in [0.25, 0.3) is 0 Å². The normalized spacial score (nSPS) is 12.6. The van der Waals surface area contributed by atoms with Gasteiger partial charge in [0.05, 0.1) is 48.4 Å². The summed E-state index contributed by atoms with van der Waals surface area (Å²) in [6, 6.07) is 20.7. The van der Waals surface area contributed by atoms with E-state index in [1.807, 2.05) is 30.5 Å². The van der Waals surface area contributed by atoms with E-state index in [2.05, 4.69) is 51.2 Å². The third-order valence-electron chi connectivity index (χ3n) is 8.72. The van der Waals surface area contributed by atoms with Gasteiger partial charge in [-0.15, -0.1) is 0 Å². The first-order valence-electron chi connectivity index (χ1n) is 18.1. The average molecular weight is 832 g/mol. The fourth-order valence-corrected chi connectivity index (χ4v) is 5.96. The third kappa shape index (κ3) is 14.7. The SMILES string of the molecule is COc1cc(-c2cccc(CN3CCN(Cc4ccnc(-c5cc(OC)c(OC)c(OC)c5)c4)CC3)c2)cc(OC)c1OC.O=C(O)/C=C/C(=O)O.O=C(O)/C=C/C(=O)O. The van der Waals surface area contributed by atoms with Crippen LogP contribution < -0.4 is 28.4 Å². The molecule has 2 heterocycles. The van der Waals surface area contributed by atoms with E-state index in [0.717, 1.165) is 61.7 Å². The number of ether oxygens (including phenoxy) is 6. The summed E-state index contributed by atoms with van der Waals surface area (Å²) in [6.07, 6.45) is 4.10. The number of carboxylic acid groups (broad SMARTS) is 4. The minimum absolute atomic E-state index is 0.558. The average Bonchev–Trinajstić information content (AvgIpc) is 3.25. The molecule has 5 rings (SSSR count). The van der Waals surface area contributed by atoms with Crippen molar-refractivity contribution < 1.29 is 68.0 Å². The number of nitrogens with zero attached hydrogens (tertiary/aromatic N) is 3. The summed E-state index contributed by atoms with van der Waals surface area (Å²) >= 11 is 0. The highest BCUT2D eigenvalue weighted by Gasteiger charge is 2.20. The molecule has 0 aliphatic carbocycles. The highest BCUT2D eigenvalue weighted by Crippen LogP contribution is 2.42. The Hall–Kier alpha value is -7.11. The summed E-state index contributed by atoms with van der Waals surface area (Å²) in [7, 11) is 9.75. The van der Waals surface area contributed by atoms with Crippen LogP contribution in [-0.4, -0.2) is 128 Å². The van der Waals surface area contributed by atoms with Gasteiger partial charge >= 0.3 is 23.9 Å². The quantitative estimate of drug-likeness (QED) is 0.106. The van der Waals surface area contributed by atoms with Gasteiger partial charge in [-0.25, -0.2) is 19.2 Å². The molecule has 17 nitrogen and oxygen atoms in total. The maximum atomic E-state index is 9.55. The maximum Gasteiger partial charge on any atom is 0.328 e. The lowest BCUT2D eigenvalue weighted by Gasteiger charge is -2.34. The first-order chi connectivity index (χ1) is 28.7. The Morgan fingerprint density at radius 2 is 0.900 bits per heavy atom. The van der Waals surface area contributed by atoms with E-state index in [1.165, 1.54) is 11.1 Å². The zero-order valence-electron chi connectivity index (χ0n) is 34.1. The fraction of sp³-hybridized carbons (Fsp3) is 0.279. The van der Waals surface area contributed by atoms with Gasteiger partial charge in [0, 0.05) is 75.3 Å². The van der Waals surface area contributed by atoms with Crippen molar-refractivity contribution in [2.75, 3.05) is 68.8 Å². The number of benzene rings is 3. The molecule has 1 fully saturated rings. The van der Waals surface area contributed by atoms with Gasteiger partial charge in [-0.3, -0.25) is 14.8 Å². The molecule has 1 saturated heterocycles. The molecule has 320 valence electrons. The van der Waals surface area contributed by atoms with Crippen LogP contribution in [0.15, 0.2) is 91.2 Å². The molecule has 0 amide bonds. The number of hydrogen-bond acceptors (Lipinski definition) is 13. The summed E-state index contributed by atoms with van der Waals surface area (Å²) < 4.78 is 33.2. The Kier molecular flexibility index (Phi) is 18.9. The molecule has 0 spiro atoms. The lowest BCUT2D eigenvalue weighted by atomic mass is 10.0. The molecular formula is C43H49N3O14. The second kappa shape index (κ2) is 24.0. The van der Waals surface area contributed by atoms with Crippen LogP contribution in [0.4, 0.5) is 0 Å². The highest BCUT2D eigenvalue weighted by molar-refractivity contribution is 5.90. The topological polar surface area (TPSA) is 224 Å². The molecule has 0 unspecified atom stereocenters. The number of piperazine rings is 1. The molecule has 60 heavy (non-hydrogen) atoms. The van der Waals surface area contributed by atoms with Crippen molar-refractivity contribution in [1.29, 1.82) is 0 Å². The lowest BCUT2D eigenvalue weighted by Crippen LogP contribution is -2.45. The molecule has 3 aromatic carbocycles. The van der Waals surface area contributed by atoms with Crippen LogP contribution in [0.3, 0.4) is 0 Å². The molecule has 0 atom stereocenters. The maximum absolute atomic E-state index is 9.55. The summed E-state index contributed by atoms with van der Waals surface area (Å²) in [5.41, 5.74) is 6.41. The van der Waals surface area contributed by atoms with Crippen LogP contribution >= 0.6 is 0 Å². The molecule has 1 aliphatic heterocycles. The number of rotatable bonds is 16. The fourth-order valence-electron chi connectivity index (χ4n) is 5.96. The van der Waals surface area contributed by atoms with Crippen LogP contribution in [0.25, 0.3) is 22.4 Å². The van der Waals surface area contributed by atoms with Crippen molar-refractivity contribution in [3.05, 3.63) is 102 Å². The zero-order valence-corrected chi connectivity index (χ0v) is 34.1. The van der Waals surface area contributed by atoms with E-state index < -0.39 is 23.9 Å². The van der Waals surface area contributed by atoms with Gasteiger partial charge in [0.15, 0.2) is 23.0 Å². The minimum Gasteiger partial charge on any atom is -0.493 e. The molecule has 4 N–H and O–H groups in total. The monoisotopic (exact) mass is 831 g/mol. The van der Waals surface area contributed by atoms with Crippen molar-refractivity contribution in [1.82, 2.24) is 14.8 Å². The number of hydrogen-bond donors (Lipinski definition) is 4. The Morgan fingerprint density at radius 1 is 0.517 bits per heavy atom. The van der Waals surface area contributed by atoms with Crippen LogP contribution in [-0.2, 0) is 32.3 Å². The predicted molar refractivity (Wildman–Crippen MR) is 220 cm³/mol. The number of pyridine rings is 1. The molecular weight excluding hydrogens is 782 g/mol. The van der Waals surface area contributed by atoms with Crippen LogP contribution in [0, 0.1) is 0 Å². The van der Waals surface area contributed by atoms with E-state index in [1.54, 1.807) is 42.7 Å². The van der Waals surface area contributed by atoms with E-state index in [-0.39, 0.29) is 0 Å². The van der Waals surface area contributed by atoms with E-state index in [9.17, 15) is 19.2 Å². The Balaban J connectivity index is 0.000000507. The molecule has 0 saturated carbocycles. The lowest BCUT2D eigenvalue weighted by molar-refractivity contribution is -0.134. The first-order valence-corrected chi connectivity index (χ1v) is 18.1. The van der Waals surface area contributed by atoms with Crippen molar-refractivity contribution >= 4 is 23.9 Å². The zero-order chi connectivity index (χ0) is 44.2. The Morgan fingerprint density at radius 3 is 1.27 bits per heavy atom. The van der Waals surface area contributed by atoms with Crippen LogP contribution in [0.1, 0.15) is 11.1 Å². The van der Waals surface area contributed by atoms with E-state index >= 15 is 0 Å². The van der Waals surface area contributed by atoms with Gasteiger partial charge < -0.3 is 48.8 Å². The van der Waals surface area contributed by atoms with Gasteiger partial charge in [0.2, 0.25) is 11.5 Å². The number of carbonyl (C=O) groups is 4. The molecule has 17 heteroatoms. The van der Waals surface area contributed by atoms with Crippen molar-refractivity contribution in [3.63, 3.8) is 0 Å². The number of methoxy groups -OCH3 is 6. The second-order valence-electron chi connectivity index (χ2n) is 12.6. The van der Waals surface area contributed by atoms with Crippen LogP contribution in [0.5, 0.6) is 34.5 Å². The largest absolute Gasteiger partial charge is 0.493 e. The Labute approximate surface area is 347 Å². The van der Waals surface area contributed by atoms with Crippen molar-refractivity contribution in [3.8, 4) is 56.9 Å². The van der Waals surface area contributed by atoms with E-state index in [0.29, 0.717) is 58.8 Å². The first kappa shape index (κ1) is 47.3. The molecule has 1 aliphatic rings. The summed E-state index contributed by atoms with van der Waals surface area (Å²) in [5, 5.41) is 31.2. The van der Waals surface area contributed by atoms with Crippen molar-refractivity contribution in [2.24, 2.45) is 0 Å².